The Morgan fingerprint density at radius 1 is 0.500 bits per heavy atom. The minimum Gasteiger partial charge on any atom is -0.485 e. The summed E-state index contributed by atoms with van der Waals surface area (Å²) in [6, 6.07) is 31.0. The van der Waals surface area contributed by atoms with Crippen molar-refractivity contribution in [3.05, 3.63) is 204 Å². The third kappa shape index (κ3) is 4.64. The Kier molecular flexibility index (Phi) is 6.67. The summed E-state index contributed by atoms with van der Waals surface area (Å²) >= 11 is 0. The lowest BCUT2D eigenvalue weighted by Gasteiger charge is -2.31. The summed E-state index contributed by atoms with van der Waals surface area (Å²) in [5.74, 6) is 3.29. The van der Waals surface area contributed by atoms with Crippen molar-refractivity contribution in [2.75, 3.05) is 0 Å². The molecular formula is C50H36O2. The molecule has 2 nitrogen and oxygen atoms in total. The van der Waals surface area contributed by atoms with Crippen LogP contribution in [0.1, 0.15) is 39.8 Å². The number of ether oxygens (including phenoxy) is 1. The fraction of sp³-hybridized carbons (Fsp3) is 0.120. The summed E-state index contributed by atoms with van der Waals surface area (Å²) in [5.41, 5.74) is 13.3. The van der Waals surface area contributed by atoms with E-state index in [4.69, 9.17) is 9.15 Å². The van der Waals surface area contributed by atoms with Crippen molar-refractivity contribution in [1.82, 2.24) is 0 Å². The van der Waals surface area contributed by atoms with E-state index < -0.39 is 0 Å². The van der Waals surface area contributed by atoms with Gasteiger partial charge < -0.3 is 9.15 Å². The SMILES string of the molecule is C1=CC2C=CC(c3cc(-c4cccc5c4C4C=CC=CC4O5)cc(-c4cccc5oc6c(c45)C4C=CC=CC4C(c4ccccc4)=C6)c3)=CC2C=C1. The van der Waals surface area contributed by atoms with Crippen LogP contribution in [-0.4, -0.2) is 6.10 Å². The van der Waals surface area contributed by atoms with Gasteiger partial charge in [0.1, 0.15) is 23.2 Å². The maximum absolute atomic E-state index is 6.79. The van der Waals surface area contributed by atoms with Crippen LogP contribution in [0.15, 0.2) is 180 Å². The van der Waals surface area contributed by atoms with E-state index in [0.29, 0.717) is 11.8 Å². The first-order valence-corrected chi connectivity index (χ1v) is 18.5. The Morgan fingerprint density at radius 2 is 1.21 bits per heavy atom. The zero-order chi connectivity index (χ0) is 34.2. The Balaban J connectivity index is 1.13. The summed E-state index contributed by atoms with van der Waals surface area (Å²) in [5, 5.41) is 1.20. The van der Waals surface area contributed by atoms with Crippen molar-refractivity contribution in [2.45, 2.75) is 17.9 Å². The van der Waals surface area contributed by atoms with Crippen LogP contribution in [0.2, 0.25) is 0 Å². The molecule has 1 aromatic heterocycles. The Morgan fingerprint density at radius 3 is 2.10 bits per heavy atom. The van der Waals surface area contributed by atoms with Crippen molar-refractivity contribution < 1.29 is 9.15 Å². The van der Waals surface area contributed by atoms with Gasteiger partial charge in [-0.05, 0) is 87.0 Å². The molecule has 248 valence electrons. The molecule has 4 aromatic carbocycles. The zero-order valence-electron chi connectivity index (χ0n) is 28.6. The van der Waals surface area contributed by atoms with E-state index in [9.17, 15) is 0 Å². The maximum Gasteiger partial charge on any atom is 0.135 e. The van der Waals surface area contributed by atoms with E-state index in [1.165, 1.54) is 61.0 Å². The van der Waals surface area contributed by atoms with Crippen molar-refractivity contribution in [1.29, 1.82) is 0 Å². The molecule has 0 N–H and O–H groups in total. The largest absolute Gasteiger partial charge is 0.485 e. The molecule has 0 saturated carbocycles. The Hall–Kier alpha value is -6.12. The highest BCUT2D eigenvalue weighted by atomic mass is 16.5. The average molecular weight is 669 g/mol. The van der Waals surface area contributed by atoms with Crippen LogP contribution in [0.25, 0.3) is 50.4 Å². The summed E-state index contributed by atoms with van der Waals surface area (Å²) in [4.78, 5) is 0. The normalized spacial score (nSPS) is 25.5. The van der Waals surface area contributed by atoms with E-state index in [0.717, 1.165) is 17.1 Å². The van der Waals surface area contributed by atoms with Gasteiger partial charge in [-0.15, -0.1) is 0 Å². The van der Waals surface area contributed by atoms with Crippen molar-refractivity contribution in [3.63, 3.8) is 0 Å². The molecule has 2 heterocycles. The van der Waals surface area contributed by atoms with E-state index in [1.807, 2.05) is 0 Å². The molecule has 6 atom stereocenters. The number of furan rings is 1. The second kappa shape index (κ2) is 11.7. The van der Waals surface area contributed by atoms with E-state index >= 15 is 0 Å². The van der Waals surface area contributed by atoms with Gasteiger partial charge in [-0.25, -0.2) is 0 Å². The summed E-state index contributed by atoms with van der Waals surface area (Å²) in [7, 11) is 0. The lowest BCUT2D eigenvalue weighted by atomic mass is 9.72. The molecule has 2 heteroatoms. The molecule has 0 amide bonds. The molecule has 0 radical (unpaired) electrons. The highest BCUT2D eigenvalue weighted by Crippen LogP contribution is 2.52. The topological polar surface area (TPSA) is 22.4 Å². The number of benzene rings is 4. The molecule has 0 spiro atoms. The minimum atomic E-state index is 0.0291. The van der Waals surface area contributed by atoms with E-state index in [1.54, 1.807) is 0 Å². The fourth-order valence-electron chi connectivity index (χ4n) is 9.32. The number of hydrogen-bond acceptors (Lipinski definition) is 2. The predicted octanol–water partition coefficient (Wildman–Crippen LogP) is 12.4. The molecule has 52 heavy (non-hydrogen) atoms. The van der Waals surface area contributed by atoms with Gasteiger partial charge in [0.05, 0.1) is 0 Å². The average Bonchev–Trinajstić information content (AvgIpc) is 3.79. The minimum absolute atomic E-state index is 0.0291. The molecule has 5 aromatic rings. The first-order chi connectivity index (χ1) is 25.8. The number of allylic oxidation sites excluding steroid dienone is 15. The third-order valence-electron chi connectivity index (χ3n) is 11.7. The van der Waals surface area contributed by atoms with Gasteiger partial charge in [0.2, 0.25) is 0 Å². The molecular weight excluding hydrogens is 633 g/mol. The van der Waals surface area contributed by atoms with Gasteiger partial charge in [-0.2, -0.15) is 0 Å². The molecule has 1 aliphatic heterocycles. The van der Waals surface area contributed by atoms with Gasteiger partial charge in [0.25, 0.3) is 0 Å². The zero-order valence-corrected chi connectivity index (χ0v) is 28.6. The number of hydrogen-bond donors (Lipinski definition) is 0. The highest BCUT2D eigenvalue weighted by molar-refractivity contribution is 6.03. The van der Waals surface area contributed by atoms with Crippen LogP contribution in [0.3, 0.4) is 0 Å². The maximum atomic E-state index is 6.79. The van der Waals surface area contributed by atoms with Gasteiger partial charge in [-0.3, -0.25) is 0 Å². The quantitative estimate of drug-likeness (QED) is 0.190. The fourth-order valence-corrected chi connectivity index (χ4v) is 9.32. The van der Waals surface area contributed by atoms with Gasteiger partial charge >= 0.3 is 0 Å². The molecule has 0 saturated heterocycles. The van der Waals surface area contributed by atoms with Crippen LogP contribution in [0, 0.1) is 17.8 Å². The molecule has 5 aliphatic carbocycles. The van der Waals surface area contributed by atoms with Crippen LogP contribution in [-0.2, 0) is 0 Å². The summed E-state index contributed by atoms with van der Waals surface area (Å²) < 4.78 is 13.3. The number of rotatable bonds is 4. The van der Waals surface area contributed by atoms with Crippen LogP contribution < -0.4 is 4.74 Å². The predicted molar refractivity (Wildman–Crippen MR) is 214 cm³/mol. The lowest BCUT2D eigenvalue weighted by molar-refractivity contribution is 0.269. The molecule has 0 fully saturated rings. The van der Waals surface area contributed by atoms with Gasteiger partial charge in [-0.1, -0.05) is 140 Å². The van der Waals surface area contributed by atoms with E-state index in [-0.39, 0.29) is 23.9 Å². The summed E-state index contributed by atoms with van der Waals surface area (Å²) in [6.07, 6.45) is 36.2. The first kappa shape index (κ1) is 29.6. The van der Waals surface area contributed by atoms with Crippen LogP contribution >= 0.6 is 0 Å². The standard InChI is InChI=1S/C50H36O2/c1-2-13-32(14-3-1)43-30-47-50(41-17-7-6-16-40(41)43)49-39(20-11-23-46(49)52-47)37-28-35(34-25-24-31-12-4-5-15-33(31)26-34)27-36(29-37)38-19-10-22-45-48(38)42-18-8-9-21-44(42)51-45/h1-31,33,40-42,44H. The molecule has 11 rings (SSSR count). The second-order valence-electron chi connectivity index (χ2n) is 14.6. The summed E-state index contributed by atoms with van der Waals surface area (Å²) in [6.45, 7) is 0. The second-order valence-corrected chi connectivity index (χ2v) is 14.6. The third-order valence-corrected chi connectivity index (χ3v) is 11.7. The monoisotopic (exact) mass is 668 g/mol. The molecule has 6 aliphatic rings. The smallest absolute Gasteiger partial charge is 0.135 e. The lowest BCUT2D eigenvalue weighted by Crippen LogP contribution is -2.17. The van der Waals surface area contributed by atoms with E-state index in [2.05, 4.69) is 182 Å². The number of fused-ring (bicyclic) bond motifs is 9. The van der Waals surface area contributed by atoms with Crippen molar-refractivity contribution >= 4 is 28.2 Å². The highest BCUT2D eigenvalue weighted by Gasteiger charge is 2.36. The van der Waals surface area contributed by atoms with Gasteiger partial charge in [0, 0.05) is 46.1 Å². The Bertz CT molecular complexity index is 2580. The van der Waals surface area contributed by atoms with Crippen LogP contribution in [0.5, 0.6) is 5.75 Å². The molecule has 0 bridgehead atoms. The Labute approximate surface area is 304 Å². The first-order valence-electron chi connectivity index (χ1n) is 18.5. The van der Waals surface area contributed by atoms with Gasteiger partial charge in [0.15, 0.2) is 0 Å². The van der Waals surface area contributed by atoms with Crippen molar-refractivity contribution in [2.24, 2.45) is 17.8 Å². The molecule has 6 unspecified atom stereocenters. The van der Waals surface area contributed by atoms with Crippen molar-refractivity contribution in [3.8, 4) is 28.0 Å². The van der Waals surface area contributed by atoms with Crippen LogP contribution in [0.4, 0.5) is 0 Å².